The highest BCUT2D eigenvalue weighted by Gasteiger charge is 1.95. The molecule has 0 fully saturated rings. The zero-order chi connectivity index (χ0) is 18.9. The number of unbranched alkanes of at least 4 members (excludes halogenated alkanes) is 8. The molecule has 0 saturated carbocycles. The largest absolute Gasteiger partial charge is 0.508 e. The van der Waals surface area contributed by atoms with Gasteiger partial charge in [-0.1, -0.05) is 44.9 Å². The van der Waals surface area contributed by atoms with Crippen LogP contribution in [0.5, 0.6) is 5.75 Å². The normalized spacial score (nSPS) is 11.5. The van der Waals surface area contributed by atoms with E-state index >= 15 is 0 Å². The number of nitrogens with two attached hydrogens (primary N) is 1. The second kappa shape index (κ2) is 15.3. The molecule has 1 aromatic carbocycles. The molecule has 0 spiro atoms. The molecule has 0 aliphatic rings. The molecule has 0 unspecified atom stereocenters. The van der Waals surface area contributed by atoms with E-state index in [0.717, 1.165) is 31.7 Å². The van der Waals surface area contributed by atoms with Crippen LogP contribution < -0.4 is 11.1 Å². The molecule has 0 atom stereocenters. The van der Waals surface area contributed by atoms with Gasteiger partial charge in [0.2, 0.25) is 0 Å². The molecule has 0 heterocycles. The van der Waals surface area contributed by atoms with Crippen LogP contribution in [0.1, 0.15) is 57.8 Å². The Labute approximate surface area is 157 Å². The number of amidine groups is 1. The van der Waals surface area contributed by atoms with Crippen molar-refractivity contribution in [2.75, 3.05) is 32.3 Å². The molecule has 26 heavy (non-hydrogen) atoms. The Bertz CT molecular complexity index is 478. The number of hydrogen-bond acceptors (Lipinski definition) is 5. The molecule has 4 N–H and O–H groups in total. The van der Waals surface area contributed by atoms with E-state index in [1.165, 1.54) is 44.9 Å². The number of rotatable bonds is 15. The Morgan fingerprint density at radius 3 is 2.15 bits per heavy atom. The number of methoxy groups -OCH3 is 1. The minimum atomic E-state index is 0.276. The van der Waals surface area contributed by atoms with Crippen LogP contribution in [0.2, 0.25) is 0 Å². The van der Waals surface area contributed by atoms with Crippen LogP contribution in [0.15, 0.2) is 29.3 Å². The molecule has 0 aliphatic carbocycles. The van der Waals surface area contributed by atoms with E-state index in [2.05, 4.69) is 10.3 Å². The predicted molar refractivity (Wildman–Crippen MR) is 108 cm³/mol. The highest BCUT2D eigenvalue weighted by Crippen LogP contribution is 2.13. The van der Waals surface area contributed by atoms with Crippen LogP contribution in [-0.4, -0.2) is 38.1 Å². The third-order valence-electron chi connectivity index (χ3n) is 4.17. The summed E-state index contributed by atoms with van der Waals surface area (Å²) in [6.07, 6.45) is 11.1. The lowest BCUT2D eigenvalue weighted by molar-refractivity contribution is 0.147. The number of benzene rings is 1. The Balaban J connectivity index is 1.77. The summed E-state index contributed by atoms with van der Waals surface area (Å²) in [5.74, 6) is 0.276. The standard InChI is InChI=1S/C20H35N3O3/c1-25-20(21)22-15-9-7-5-3-2-4-6-8-10-16-26-17-23-18-11-13-19(24)14-12-18/h11-14,23-24H,2-10,15-17H2,1H3,(H2,21,22). The Hall–Kier alpha value is -1.95. The Kier molecular flexibility index (Phi) is 13.0. The van der Waals surface area contributed by atoms with Gasteiger partial charge in [0.25, 0.3) is 6.02 Å². The first-order valence-electron chi connectivity index (χ1n) is 9.67. The molecule has 0 radical (unpaired) electrons. The molecule has 0 amide bonds. The van der Waals surface area contributed by atoms with Crippen molar-refractivity contribution in [1.29, 1.82) is 0 Å². The number of nitrogens with zero attached hydrogens (tertiary/aromatic N) is 1. The first-order valence-corrected chi connectivity index (χ1v) is 9.67. The van der Waals surface area contributed by atoms with Crippen molar-refractivity contribution in [3.05, 3.63) is 24.3 Å². The third-order valence-corrected chi connectivity index (χ3v) is 4.17. The second-order valence-corrected chi connectivity index (χ2v) is 6.38. The maximum absolute atomic E-state index is 9.21. The quantitative estimate of drug-likeness (QED) is 0.142. The number of phenolic OH excluding ortho intramolecular Hbond substituents is 1. The number of anilines is 1. The summed E-state index contributed by atoms with van der Waals surface area (Å²) in [4.78, 5) is 4.10. The van der Waals surface area contributed by atoms with E-state index in [1.54, 1.807) is 19.2 Å². The number of nitrogens with one attached hydrogen (secondary N) is 1. The SMILES string of the molecule is COC(N)=NCCCCCCCCCCCOCNc1ccc(O)cc1. The van der Waals surface area contributed by atoms with Crippen LogP contribution in [0, 0.1) is 0 Å². The van der Waals surface area contributed by atoms with Gasteiger partial charge in [-0.2, -0.15) is 0 Å². The third kappa shape index (κ3) is 12.4. The van der Waals surface area contributed by atoms with E-state index in [-0.39, 0.29) is 11.8 Å². The van der Waals surface area contributed by atoms with Crippen molar-refractivity contribution in [3.8, 4) is 5.75 Å². The molecule has 0 aliphatic heterocycles. The summed E-state index contributed by atoms with van der Waals surface area (Å²) in [5, 5.41) is 12.4. The molecule has 0 saturated heterocycles. The minimum absolute atomic E-state index is 0.276. The van der Waals surface area contributed by atoms with E-state index in [1.807, 2.05) is 12.1 Å². The second-order valence-electron chi connectivity index (χ2n) is 6.38. The van der Waals surface area contributed by atoms with Crippen molar-refractivity contribution >= 4 is 11.7 Å². The van der Waals surface area contributed by atoms with Crippen molar-refractivity contribution < 1.29 is 14.6 Å². The average Bonchev–Trinajstić information content (AvgIpc) is 2.66. The number of phenols is 1. The van der Waals surface area contributed by atoms with Crippen molar-refractivity contribution in [2.24, 2.45) is 10.7 Å². The molecular formula is C20H35N3O3. The van der Waals surface area contributed by atoms with Crippen LogP contribution in [-0.2, 0) is 9.47 Å². The van der Waals surface area contributed by atoms with Crippen LogP contribution in [0.3, 0.4) is 0 Å². The average molecular weight is 366 g/mol. The molecule has 1 rings (SSSR count). The number of ether oxygens (including phenoxy) is 2. The highest BCUT2D eigenvalue weighted by atomic mass is 16.5. The summed E-state index contributed by atoms with van der Waals surface area (Å²) < 4.78 is 10.4. The molecule has 0 aromatic heterocycles. The first kappa shape index (κ1) is 22.1. The van der Waals surface area contributed by atoms with Gasteiger partial charge in [0.1, 0.15) is 12.5 Å². The van der Waals surface area contributed by atoms with Crippen molar-refractivity contribution in [2.45, 2.75) is 57.8 Å². The fraction of sp³-hybridized carbons (Fsp3) is 0.650. The van der Waals surface area contributed by atoms with Crippen molar-refractivity contribution in [1.82, 2.24) is 0 Å². The van der Waals surface area contributed by atoms with Crippen molar-refractivity contribution in [3.63, 3.8) is 0 Å². The summed E-state index contributed by atoms with van der Waals surface area (Å²) >= 11 is 0. The number of aliphatic imine (C=N–C) groups is 1. The Morgan fingerprint density at radius 2 is 1.54 bits per heavy atom. The number of hydrogen-bond donors (Lipinski definition) is 3. The fourth-order valence-electron chi connectivity index (χ4n) is 2.59. The van der Waals surface area contributed by atoms with Gasteiger partial charge in [-0.3, -0.25) is 0 Å². The molecular weight excluding hydrogens is 330 g/mol. The van der Waals surface area contributed by atoms with Gasteiger partial charge in [-0.25, -0.2) is 4.99 Å². The van der Waals surface area contributed by atoms with Gasteiger partial charge in [0, 0.05) is 18.8 Å². The van der Waals surface area contributed by atoms with E-state index < -0.39 is 0 Å². The van der Waals surface area contributed by atoms with Crippen LogP contribution in [0.25, 0.3) is 0 Å². The fourth-order valence-corrected chi connectivity index (χ4v) is 2.59. The monoisotopic (exact) mass is 365 g/mol. The van der Waals surface area contributed by atoms with Gasteiger partial charge in [-0.05, 0) is 37.1 Å². The van der Waals surface area contributed by atoms with Gasteiger partial charge >= 0.3 is 0 Å². The lowest BCUT2D eigenvalue weighted by Gasteiger charge is -2.07. The van der Waals surface area contributed by atoms with Crippen LogP contribution >= 0.6 is 0 Å². The summed E-state index contributed by atoms with van der Waals surface area (Å²) in [6.45, 7) is 2.06. The molecule has 6 heteroatoms. The lowest BCUT2D eigenvalue weighted by Crippen LogP contribution is -2.14. The van der Waals surface area contributed by atoms with E-state index in [9.17, 15) is 5.11 Å². The van der Waals surface area contributed by atoms with Crippen LogP contribution in [0.4, 0.5) is 5.69 Å². The maximum Gasteiger partial charge on any atom is 0.281 e. The topological polar surface area (TPSA) is 89.1 Å². The highest BCUT2D eigenvalue weighted by molar-refractivity contribution is 5.71. The van der Waals surface area contributed by atoms with E-state index in [4.69, 9.17) is 15.2 Å². The summed E-state index contributed by atoms with van der Waals surface area (Å²) in [6, 6.07) is 7.27. The summed E-state index contributed by atoms with van der Waals surface area (Å²) in [7, 11) is 1.54. The maximum atomic E-state index is 9.21. The van der Waals surface area contributed by atoms with Gasteiger partial charge < -0.3 is 25.6 Å². The lowest BCUT2D eigenvalue weighted by atomic mass is 10.1. The first-order chi connectivity index (χ1) is 12.7. The Morgan fingerprint density at radius 1 is 0.962 bits per heavy atom. The zero-order valence-corrected chi connectivity index (χ0v) is 16.1. The van der Waals surface area contributed by atoms with Gasteiger partial charge in [0.15, 0.2) is 0 Å². The number of aromatic hydroxyl groups is 1. The summed E-state index contributed by atoms with van der Waals surface area (Å²) in [5.41, 5.74) is 6.41. The van der Waals surface area contributed by atoms with E-state index in [0.29, 0.717) is 6.73 Å². The predicted octanol–water partition coefficient (Wildman–Crippen LogP) is 4.25. The smallest absolute Gasteiger partial charge is 0.281 e. The minimum Gasteiger partial charge on any atom is -0.508 e. The molecule has 1 aromatic rings. The zero-order valence-electron chi connectivity index (χ0n) is 16.1. The molecule has 0 bridgehead atoms. The molecule has 148 valence electrons. The molecule has 6 nitrogen and oxygen atoms in total. The van der Waals surface area contributed by atoms with Gasteiger partial charge in [0.05, 0.1) is 7.11 Å². The van der Waals surface area contributed by atoms with Gasteiger partial charge in [-0.15, -0.1) is 0 Å².